The predicted molar refractivity (Wildman–Crippen MR) is 152 cm³/mol. The van der Waals surface area contributed by atoms with Crippen molar-refractivity contribution in [2.75, 3.05) is 19.6 Å². The van der Waals surface area contributed by atoms with Crippen LogP contribution in [0.5, 0.6) is 0 Å². The molecule has 2 aliphatic carbocycles. The van der Waals surface area contributed by atoms with Crippen LogP contribution >= 0.6 is 0 Å². The van der Waals surface area contributed by atoms with Crippen LogP contribution in [0, 0.1) is 24.7 Å². The molecule has 1 aromatic heterocycles. The zero-order valence-corrected chi connectivity index (χ0v) is 23.0. The molecule has 2 amide bonds. The second-order valence-corrected chi connectivity index (χ2v) is 12.4. The molecule has 1 spiro atoms. The van der Waals surface area contributed by atoms with Crippen molar-refractivity contribution in [1.82, 2.24) is 9.80 Å². The van der Waals surface area contributed by atoms with Crippen LogP contribution in [0.15, 0.2) is 58.1 Å². The molecule has 0 N–H and O–H groups in total. The highest BCUT2D eigenvalue weighted by atomic mass is 16.3. The topological polar surface area (TPSA) is 66.1 Å². The van der Waals surface area contributed by atoms with E-state index in [9.17, 15) is 9.59 Å². The zero-order chi connectivity index (χ0) is 26.7. The molecule has 0 radical (unpaired) electrons. The van der Waals surface area contributed by atoms with E-state index < -0.39 is 5.54 Å². The van der Waals surface area contributed by atoms with Crippen LogP contribution < -0.4 is 0 Å². The molecule has 3 aromatic rings. The number of nitrogens with zero attached hydrogens (tertiary/aromatic N) is 3. The molecule has 6 heteroatoms. The van der Waals surface area contributed by atoms with E-state index in [2.05, 4.69) is 49.1 Å². The second-order valence-electron chi connectivity index (χ2n) is 12.4. The van der Waals surface area contributed by atoms with Gasteiger partial charge in [-0.25, -0.2) is 0 Å². The fraction of sp³-hybridized carbons (Fsp3) is 0.485. The molecule has 7 rings (SSSR count). The monoisotopic (exact) mass is 523 g/mol. The predicted octanol–water partition coefficient (Wildman–Crippen LogP) is 6.20. The summed E-state index contributed by atoms with van der Waals surface area (Å²) in [6, 6.07) is 14.8. The van der Waals surface area contributed by atoms with Crippen molar-refractivity contribution in [2.45, 2.75) is 64.3 Å². The normalized spacial score (nSPS) is 23.3. The van der Waals surface area contributed by atoms with Gasteiger partial charge in [0.15, 0.2) is 0 Å². The van der Waals surface area contributed by atoms with E-state index in [0.717, 1.165) is 97.1 Å². The molecule has 4 aliphatic rings. The maximum atomic E-state index is 14.0. The highest BCUT2D eigenvalue weighted by molar-refractivity contribution is 6.16. The van der Waals surface area contributed by atoms with Gasteiger partial charge in [-0.3, -0.25) is 19.5 Å². The third-order valence-corrected chi connectivity index (χ3v) is 9.64. The fourth-order valence-corrected chi connectivity index (χ4v) is 7.04. The minimum absolute atomic E-state index is 0.180. The lowest BCUT2D eigenvalue weighted by atomic mass is 9.91. The Morgan fingerprint density at radius 1 is 1.08 bits per heavy atom. The number of likely N-dealkylation sites (tertiary alicyclic amines) is 1. The summed E-state index contributed by atoms with van der Waals surface area (Å²) in [7, 11) is 0. The van der Waals surface area contributed by atoms with E-state index in [0.29, 0.717) is 24.3 Å². The van der Waals surface area contributed by atoms with Crippen LogP contribution in [0.25, 0.3) is 22.1 Å². The van der Waals surface area contributed by atoms with Crippen LogP contribution in [0.4, 0.5) is 0 Å². The number of benzene rings is 2. The Morgan fingerprint density at radius 2 is 1.85 bits per heavy atom. The average Bonchev–Trinajstić information content (AvgIpc) is 3.30. The van der Waals surface area contributed by atoms with Crippen molar-refractivity contribution >= 4 is 28.6 Å². The van der Waals surface area contributed by atoms with E-state index in [-0.39, 0.29) is 11.8 Å². The lowest BCUT2D eigenvalue weighted by molar-refractivity contribution is -0.132. The highest BCUT2D eigenvalue weighted by Gasteiger charge is 2.50. The Bertz CT molecular complexity index is 1480. The van der Waals surface area contributed by atoms with Crippen LogP contribution in [0.2, 0.25) is 0 Å². The average molecular weight is 524 g/mol. The number of amides is 2. The number of furan rings is 1. The number of fused-ring (bicyclic) bond motifs is 1. The van der Waals surface area contributed by atoms with Crippen molar-refractivity contribution in [2.24, 2.45) is 22.7 Å². The first-order chi connectivity index (χ1) is 18.9. The summed E-state index contributed by atoms with van der Waals surface area (Å²) in [4.78, 5) is 35.9. The Labute approximate surface area is 230 Å². The van der Waals surface area contributed by atoms with Gasteiger partial charge >= 0.3 is 0 Å². The SMILES string of the molecule is Cc1cc(-c2ccc3occc3c2)ccc1C1=NC2(CCCC2)C(=O)N1CC(C)C1CCN(C(=O)C2CC2)C1. The van der Waals surface area contributed by atoms with E-state index >= 15 is 0 Å². The third-order valence-electron chi connectivity index (χ3n) is 9.64. The van der Waals surface area contributed by atoms with Crippen LogP contribution in [0.1, 0.15) is 63.0 Å². The highest BCUT2D eigenvalue weighted by Crippen LogP contribution is 2.42. The molecule has 39 heavy (non-hydrogen) atoms. The van der Waals surface area contributed by atoms with Gasteiger partial charge in [0.05, 0.1) is 6.26 Å². The second kappa shape index (κ2) is 9.35. The van der Waals surface area contributed by atoms with Crippen LogP contribution in [0.3, 0.4) is 0 Å². The maximum absolute atomic E-state index is 14.0. The number of rotatable bonds is 6. The Morgan fingerprint density at radius 3 is 2.62 bits per heavy atom. The first kappa shape index (κ1) is 24.6. The largest absolute Gasteiger partial charge is 0.464 e. The summed E-state index contributed by atoms with van der Waals surface area (Å²) in [5.74, 6) is 2.35. The van der Waals surface area contributed by atoms with E-state index in [4.69, 9.17) is 9.41 Å². The molecule has 2 aromatic carbocycles. The van der Waals surface area contributed by atoms with Gasteiger partial charge in [0, 0.05) is 36.5 Å². The number of aryl methyl sites for hydroxylation is 1. The summed E-state index contributed by atoms with van der Waals surface area (Å²) in [5, 5.41) is 1.09. The van der Waals surface area contributed by atoms with Gasteiger partial charge in [0.2, 0.25) is 5.91 Å². The van der Waals surface area contributed by atoms with Gasteiger partial charge in [-0.2, -0.15) is 0 Å². The Kier molecular flexibility index (Phi) is 5.91. The van der Waals surface area contributed by atoms with Gasteiger partial charge in [0.1, 0.15) is 17.0 Å². The van der Waals surface area contributed by atoms with Gasteiger partial charge in [-0.15, -0.1) is 0 Å². The smallest absolute Gasteiger partial charge is 0.256 e. The van der Waals surface area contributed by atoms with Crippen molar-refractivity contribution < 1.29 is 14.0 Å². The number of hydrogen-bond donors (Lipinski definition) is 0. The van der Waals surface area contributed by atoms with Crippen molar-refractivity contribution in [1.29, 1.82) is 0 Å². The summed E-state index contributed by atoms with van der Waals surface area (Å²) in [6.45, 7) is 6.72. The minimum Gasteiger partial charge on any atom is -0.464 e. The zero-order valence-electron chi connectivity index (χ0n) is 23.0. The summed E-state index contributed by atoms with van der Waals surface area (Å²) in [5.41, 5.74) is 4.76. The van der Waals surface area contributed by atoms with Gasteiger partial charge in [-0.05, 0) is 85.8 Å². The maximum Gasteiger partial charge on any atom is 0.256 e. The molecule has 3 heterocycles. The number of aliphatic imine (C=N–C) groups is 1. The van der Waals surface area contributed by atoms with E-state index in [1.165, 1.54) is 0 Å². The van der Waals surface area contributed by atoms with Crippen molar-refractivity contribution in [3.05, 3.63) is 59.9 Å². The van der Waals surface area contributed by atoms with Crippen molar-refractivity contribution in [3.63, 3.8) is 0 Å². The number of amidine groups is 1. The molecule has 6 nitrogen and oxygen atoms in total. The molecule has 0 bridgehead atoms. The number of carbonyl (C=O) groups is 2. The first-order valence-electron chi connectivity index (χ1n) is 14.7. The molecular weight excluding hydrogens is 486 g/mol. The summed E-state index contributed by atoms with van der Waals surface area (Å²) < 4.78 is 5.51. The fourth-order valence-electron chi connectivity index (χ4n) is 7.04. The first-order valence-corrected chi connectivity index (χ1v) is 14.7. The lowest BCUT2D eigenvalue weighted by Crippen LogP contribution is -2.44. The standard InChI is InChI=1S/C33H37N3O3/c1-21-17-24(25-8-10-29-26(18-25)12-16-39-29)7-9-28(21)30-34-33(13-3-4-14-33)32(38)36(30)19-22(2)27-11-15-35(20-27)31(37)23-5-6-23/h7-10,12,16-18,22-23,27H,3-6,11,13-15,19-20H2,1-2H3. The molecule has 2 unspecified atom stereocenters. The molecule has 2 atom stereocenters. The Balaban J connectivity index is 1.16. The van der Waals surface area contributed by atoms with Gasteiger partial charge < -0.3 is 9.32 Å². The molecule has 3 fully saturated rings. The number of hydrogen-bond acceptors (Lipinski definition) is 4. The number of carbonyl (C=O) groups excluding carboxylic acids is 2. The molecular formula is C33H37N3O3. The van der Waals surface area contributed by atoms with Crippen LogP contribution in [-0.4, -0.2) is 52.6 Å². The summed E-state index contributed by atoms with van der Waals surface area (Å²) in [6.07, 6.45) is 8.65. The minimum atomic E-state index is -0.587. The lowest BCUT2D eigenvalue weighted by Gasteiger charge is -2.28. The summed E-state index contributed by atoms with van der Waals surface area (Å²) >= 11 is 0. The molecule has 2 saturated carbocycles. The van der Waals surface area contributed by atoms with Crippen LogP contribution in [-0.2, 0) is 9.59 Å². The Hall–Kier alpha value is -3.41. The van der Waals surface area contributed by atoms with E-state index in [1.807, 2.05) is 17.0 Å². The van der Waals surface area contributed by atoms with Gasteiger partial charge in [0.25, 0.3) is 5.91 Å². The molecule has 1 saturated heterocycles. The third kappa shape index (κ3) is 4.29. The van der Waals surface area contributed by atoms with E-state index in [1.54, 1.807) is 6.26 Å². The quantitative estimate of drug-likeness (QED) is 0.386. The van der Waals surface area contributed by atoms with Gasteiger partial charge in [-0.1, -0.05) is 44.0 Å². The molecule has 202 valence electrons. The molecule has 2 aliphatic heterocycles. The van der Waals surface area contributed by atoms with Crippen molar-refractivity contribution in [3.8, 4) is 11.1 Å².